The Hall–Kier alpha value is -3.43. The molecule has 9 heteroatoms. The third kappa shape index (κ3) is 4.30. The fourth-order valence-electron chi connectivity index (χ4n) is 3.84. The highest BCUT2D eigenvalue weighted by Gasteiger charge is 2.21. The van der Waals surface area contributed by atoms with Crippen molar-refractivity contribution < 1.29 is 9.18 Å². The molecule has 0 aliphatic carbocycles. The summed E-state index contributed by atoms with van der Waals surface area (Å²) in [4.78, 5) is 37.3. The van der Waals surface area contributed by atoms with Crippen molar-refractivity contribution >= 4 is 33.3 Å². The van der Waals surface area contributed by atoms with Crippen molar-refractivity contribution in [2.45, 2.75) is 26.1 Å². The molecule has 7 nitrogen and oxygen atoms in total. The molecule has 0 spiro atoms. The van der Waals surface area contributed by atoms with Crippen molar-refractivity contribution in [2.24, 2.45) is 0 Å². The summed E-state index contributed by atoms with van der Waals surface area (Å²) in [7, 11) is 0. The van der Waals surface area contributed by atoms with E-state index in [-0.39, 0.29) is 17.8 Å². The number of thiazole rings is 1. The van der Waals surface area contributed by atoms with Crippen LogP contribution in [-0.4, -0.2) is 31.9 Å². The quantitative estimate of drug-likeness (QED) is 0.506. The van der Waals surface area contributed by atoms with Crippen molar-refractivity contribution in [1.29, 1.82) is 0 Å². The summed E-state index contributed by atoms with van der Waals surface area (Å²) in [6.07, 6.45) is 2.13. The van der Waals surface area contributed by atoms with Gasteiger partial charge in [-0.1, -0.05) is 30.3 Å². The molecule has 1 amide bonds. The van der Waals surface area contributed by atoms with Gasteiger partial charge in [-0.05, 0) is 23.8 Å². The van der Waals surface area contributed by atoms with Crippen molar-refractivity contribution in [3.05, 3.63) is 87.2 Å². The summed E-state index contributed by atoms with van der Waals surface area (Å²) in [5.41, 5.74) is 2.21. The molecule has 2 aromatic heterocycles. The normalized spacial score (nSPS) is 13.8. The number of benzene rings is 2. The van der Waals surface area contributed by atoms with Gasteiger partial charge >= 0.3 is 0 Å². The molecule has 0 radical (unpaired) electrons. The molecule has 0 saturated carbocycles. The summed E-state index contributed by atoms with van der Waals surface area (Å²) in [5.74, 6) is -0.898. The highest BCUT2D eigenvalue weighted by molar-refractivity contribution is 7.15. The minimum atomic E-state index is -0.520. The number of nitrogens with one attached hydrogen (secondary N) is 1. The van der Waals surface area contributed by atoms with Crippen LogP contribution in [0.1, 0.15) is 16.1 Å². The van der Waals surface area contributed by atoms with Crippen molar-refractivity contribution in [3.8, 4) is 0 Å². The van der Waals surface area contributed by atoms with Crippen LogP contribution < -0.4 is 10.9 Å². The SMILES string of the molecule is O=C(Cn1cnc2ccc(F)cc2c1=O)Nc1nc2c(s1)CN(Cc1ccccc1)CC2. The highest BCUT2D eigenvalue weighted by atomic mass is 32.1. The van der Waals surface area contributed by atoms with Crippen LogP contribution in [0.3, 0.4) is 0 Å². The smallest absolute Gasteiger partial charge is 0.261 e. The van der Waals surface area contributed by atoms with Gasteiger partial charge in [0.05, 0.1) is 22.9 Å². The minimum Gasteiger partial charge on any atom is -0.300 e. The first kappa shape index (κ1) is 20.5. The standard InChI is InChI=1S/C23H20FN5O2S/c24-16-6-7-18-17(10-16)22(31)29(14-25-18)13-21(30)27-23-26-19-8-9-28(12-20(19)32-23)11-15-4-2-1-3-5-15/h1-7,10,14H,8-9,11-13H2,(H,26,27,30). The van der Waals surface area contributed by atoms with Gasteiger partial charge in [0, 0.05) is 30.9 Å². The molecule has 1 aliphatic rings. The predicted molar refractivity (Wildman–Crippen MR) is 121 cm³/mol. The van der Waals surface area contributed by atoms with Crippen molar-refractivity contribution in [3.63, 3.8) is 0 Å². The maximum atomic E-state index is 13.5. The van der Waals surface area contributed by atoms with E-state index in [1.54, 1.807) is 0 Å². The molecule has 32 heavy (non-hydrogen) atoms. The molecular formula is C23H20FN5O2S. The molecule has 0 saturated heterocycles. The fraction of sp³-hybridized carbons (Fsp3) is 0.217. The summed E-state index contributed by atoms with van der Waals surface area (Å²) >= 11 is 1.46. The van der Waals surface area contributed by atoms with E-state index in [2.05, 4.69) is 32.3 Å². The predicted octanol–water partition coefficient (Wildman–Crippen LogP) is 3.19. The third-order valence-corrected chi connectivity index (χ3v) is 6.40. The van der Waals surface area contributed by atoms with Crippen LogP contribution in [0.5, 0.6) is 0 Å². The van der Waals surface area contributed by atoms with E-state index in [1.807, 2.05) is 18.2 Å². The van der Waals surface area contributed by atoms with Crippen LogP contribution in [0.25, 0.3) is 10.9 Å². The number of hydrogen-bond donors (Lipinski definition) is 1. The minimum absolute atomic E-state index is 0.142. The lowest BCUT2D eigenvalue weighted by atomic mass is 10.1. The number of fused-ring (bicyclic) bond motifs is 2. The second-order valence-electron chi connectivity index (χ2n) is 7.72. The molecule has 1 aliphatic heterocycles. The summed E-state index contributed by atoms with van der Waals surface area (Å²) in [5, 5.41) is 3.45. The van der Waals surface area contributed by atoms with E-state index in [4.69, 9.17) is 0 Å². The largest absolute Gasteiger partial charge is 0.300 e. The molecule has 0 fully saturated rings. The summed E-state index contributed by atoms with van der Waals surface area (Å²) in [6.45, 7) is 2.35. The van der Waals surface area contributed by atoms with E-state index in [9.17, 15) is 14.0 Å². The summed E-state index contributed by atoms with van der Waals surface area (Å²) < 4.78 is 14.7. The molecule has 4 aromatic rings. The first-order chi connectivity index (χ1) is 15.5. The lowest BCUT2D eigenvalue weighted by Crippen LogP contribution is -2.29. The number of hydrogen-bond acceptors (Lipinski definition) is 6. The molecule has 3 heterocycles. The van der Waals surface area contributed by atoms with Crippen molar-refractivity contribution in [1.82, 2.24) is 19.4 Å². The van der Waals surface area contributed by atoms with E-state index in [0.29, 0.717) is 10.6 Å². The second-order valence-corrected chi connectivity index (χ2v) is 8.81. The van der Waals surface area contributed by atoms with Crippen LogP contribution >= 0.6 is 11.3 Å². The van der Waals surface area contributed by atoms with Crippen LogP contribution in [0.4, 0.5) is 9.52 Å². The number of aromatic nitrogens is 3. The molecule has 0 atom stereocenters. The van der Waals surface area contributed by atoms with Gasteiger partial charge in [0.15, 0.2) is 5.13 Å². The zero-order valence-corrected chi connectivity index (χ0v) is 17.9. The van der Waals surface area contributed by atoms with Gasteiger partial charge in [0.2, 0.25) is 5.91 Å². The molecular weight excluding hydrogens is 429 g/mol. The zero-order chi connectivity index (χ0) is 22.1. The van der Waals surface area contributed by atoms with Gasteiger partial charge in [-0.15, -0.1) is 11.3 Å². The van der Waals surface area contributed by atoms with Gasteiger partial charge in [0.1, 0.15) is 12.4 Å². The monoisotopic (exact) mass is 449 g/mol. The number of anilines is 1. The van der Waals surface area contributed by atoms with Gasteiger partial charge in [0.25, 0.3) is 5.56 Å². The number of nitrogens with zero attached hydrogens (tertiary/aromatic N) is 4. The first-order valence-electron chi connectivity index (χ1n) is 10.2. The van der Waals surface area contributed by atoms with E-state index in [0.717, 1.165) is 42.7 Å². The Morgan fingerprint density at radius 1 is 1.19 bits per heavy atom. The molecule has 0 bridgehead atoms. The maximum absolute atomic E-state index is 13.5. The molecule has 5 rings (SSSR count). The molecule has 2 aromatic carbocycles. The van der Waals surface area contributed by atoms with Crippen LogP contribution in [-0.2, 0) is 30.8 Å². The number of amides is 1. The van der Waals surface area contributed by atoms with Gasteiger partial charge < -0.3 is 5.32 Å². The Labute approximate surface area is 187 Å². The number of halogens is 1. The number of carbonyl (C=O) groups is 1. The Kier molecular flexibility index (Phi) is 5.50. The van der Waals surface area contributed by atoms with Crippen LogP contribution in [0.2, 0.25) is 0 Å². The van der Waals surface area contributed by atoms with Gasteiger partial charge in [-0.2, -0.15) is 0 Å². The Bertz CT molecular complexity index is 1350. The van der Waals surface area contributed by atoms with E-state index in [1.165, 1.54) is 39.9 Å². The average molecular weight is 450 g/mol. The first-order valence-corrected chi connectivity index (χ1v) is 11.1. The van der Waals surface area contributed by atoms with E-state index >= 15 is 0 Å². The average Bonchev–Trinajstić information content (AvgIpc) is 3.18. The number of rotatable bonds is 5. The van der Waals surface area contributed by atoms with E-state index < -0.39 is 11.4 Å². The van der Waals surface area contributed by atoms with Crippen LogP contribution in [0, 0.1) is 5.82 Å². The Balaban J connectivity index is 1.26. The lowest BCUT2D eigenvalue weighted by molar-refractivity contribution is -0.116. The maximum Gasteiger partial charge on any atom is 0.261 e. The Morgan fingerprint density at radius 2 is 2.03 bits per heavy atom. The fourth-order valence-corrected chi connectivity index (χ4v) is 4.90. The summed E-state index contributed by atoms with van der Waals surface area (Å²) in [6, 6.07) is 14.1. The molecule has 162 valence electrons. The van der Waals surface area contributed by atoms with Gasteiger partial charge in [-0.25, -0.2) is 14.4 Å². The third-order valence-electron chi connectivity index (χ3n) is 5.41. The Morgan fingerprint density at radius 3 is 2.88 bits per heavy atom. The second kappa shape index (κ2) is 8.60. The van der Waals surface area contributed by atoms with Crippen LogP contribution in [0.15, 0.2) is 59.7 Å². The molecule has 1 N–H and O–H groups in total. The zero-order valence-electron chi connectivity index (χ0n) is 17.1. The highest BCUT2D eigenvalue weighted by Crippen LogP contribution is 2.29. The van der Waals surface area contributed by atoms with Crippen molar-refractivity contribution in [2.75, 3.05) is 11.9 Å². The molecule has 0 unspecified atom stereocenters. The lowest BCUT2D eigenvalue weighted by Gasteiger charge is -2.25. The number of carbonyl (C=O) groups excluding carboxylic acids is 1. The van der Waals surface area contributed by atoms with Gasteiger partial charge in [-0.3, -0.25) is 19.1 Å². The topological polar surface area (TPSA) is 80.1 Å².